The van der Waals surface area contributed by atoms with Crippen LogP contribution in [0.5, 0.6) is 11.5 Å². The third-order valence-electron chi connectivity index (χ3n) is 9.70. The van der Waals surface area contributed by atoms with Gasteiger partial charge in [0.15, 0.2) is 11.6 Å². The number of nitrogens with zero attached hydrogens (tertiary/aromatic N) is 4. The van der Waals surface area contributed by atoms with Crippen LogP contribution in [0.25, 0.3) is 0 Å². The number of ether oxygens (including phenoxy) is 2. The third-order valence-corrected chi connectivity index (χ3v) is 10.7. The molecule has 4 N–H and O–H groups in total. The molecule has 0 aromatic heterocycles. The van der Waals surface area contributed by atoms with Crippen LogP contribution < -0.4 is 30.7 Å². The highest BCUT2D eigenvalue weighted by molar-refractivity contribution is 6.33. The number of halogens is 4. The van der Waals surface area contributed by atoms with Crippen LogP contribution in [0.15, 0.2) is 118 Å². The lowest BCUT2D eigenvalue weighted by atomic mass is 10.1. The van der Waals surface area contributed by atoms with Crippen LogP contribution in [0.4, 0.5) is 34.1 Å². The molecule has 0 aliphatic rings. The number of Topliss-reactive ketones (excluding diaryl/α,β-unsaturated/α-hetero) is 2. The van der Waals surface area contributed by atoms with Gasteiger partial charge >= 0.3 is 0 Å². The fourth-order valence-electron chi connectivity index (χ4n) is 6.36. The summed E-state index contributed by atoms with van der Waals surface area (Å²) in [5.41, 5.74) is 3.32. The number of anilines is 4. The monoisotopic (exact) mass is 1000 g/mol. The van der Waals surface area contributed by atoms with Crippen molar-refractivity contribution in [2.45, 2.75) is 52.6 Å². The molecule has 0 bridgehead atoms. The molecular formula is C48H46Cl4N8O8. The minimum absolute atomic E-state index is 0.0181. The van der Waals surface area contributed by atoms with E-state index in [9.17, 15) is 28.8 Å². The number of carbonyl (C=O) groups is 6. The van der Waals surface area contributed by atoms with Crippen molar-refractivity contribution in [3.8, 4) is 11.5 Å². The number of rotatable bonds is 22. The Bertz CT molecular complexity index is 2570. The second-order valence-corrected chi connectivity index (χ2v) is 16.1. The summed E-state index contributed by atoms with van der Waals surface area (Å²) in [7, 11) is 0. The van der Waals surface area contributed by atoms with Crippen LogP contribution in [0.3, 0.4) is 0 Å². The van der Waals surface area contributed by atoms with E-state index in [-0.39, 0.29) is 68.6 Å². The first-order valence-corrected chi connectivity index (χ1v) is 22.9. The van der Waals surface area contributed by atoms with E-state index < -0.39 is 47.3 Å². The minimum atomic E-state index is -1.68. The highest BCUT2D eigenvalue weighted by Crippen LogP contribution is 2.38. The van der Waals surface area contributed by atoms with Gasteiger partial charge < -0.3 is 30.7 Å². The van der Waals surface area contributed by atoms with E-state index in [0.29, 0.717) is 36.0 Å². The van der Waals surface area contributed by atoms with Crippen molar-refractivity contribution >= 4 is 116 Å². The first-order chi connectivity index (χ1) is 32.7. The molecule has 354 valence electrons. The van der Waals surface area contributed by atoms with Gasteiger partial charge in [0.05, 0.1) is 34.6 Å². The van der Waals surface area contributed by atoms with Crippen molar-refractivity contribution in [3.63, 3.8) is 0 Å². The van der Waals surface area contributed by atoms with Gasteiger partial charge in [-0.15, -0.1) is 23.2 Å². The number of benzene rings is 5. The highest BCUT2D eigenvalue weighted by atomic mass is 35.5. The molecule has 68 heavy (non-hydrogen) atoms. The molecule has 0 aliphatic carbocycles. The number of hydrogen-bond acceptors (Lipinski definition) is 12. The molecule has 0 heterocycles. The lowest BCUT2D eigenvalue weighted by Crippen LogP contribution is -2.32. The molecule has 2 unspecified atom stereocenters. The Morgan fingerprint density at radius 1 is 0.529 bits per heavy atom. The Balaban J connectivity index is 1.35. The fraction of sp³-hybridized carbons (Fsp3) is 0.250. The van der Waals surface area contributed by atoms with E-state index in [4.69, 9.17) is 55.9 Å². The van der Waals surface area contributed by atoms with E-state index in [2.05, 4.69) is 41.7 Å². The van der Waals surface area contributed by atoms with Gasteiger partial charge in [0.25, 0.3) is 23.6 Å². The predicted octanol–water partition coefficient (Wildman–Crippen LogP) is 11.2. The molecule has 4 amide bonds. The summed E-state index contributed by atoms with van der Waals surface area (Å²) >= 11 is 24.7. The second kappa shape index (κ2) is 25.4. The maximum absolute atomic E-state index is 13.7. The average molecular weight is 1000 g/mol. The number of para-hydroxylation sites is 2. The van der Waals surface area contributed by atoms with Crippen LogP contribution in [0.2, 0.25) is 10.0 Å². The van der Waals surface area contributed by atoms with Crippen LogP contribution in [0, 0.1) is 0 Å². The van der Waals surface area contributed by atoms with E-state index in [1.807, 2.05) is 24.3 Å². The highest BCUT2D eigenvalue weighted by Gasteiger charge is 2.28. The van der Waals surface area contributed by atoms with Crippen molar-refractivity contribution in [2.24, 2.45) is 20.5 Å². The minimum Gasteiger partial charge on any atom is -0.492 e. The zero-order valence-electron chi connectivity index (χ0n) is 37.2. The number of carbonyl (C=O) groups excluding carboxylic acids is 6. The van der Waals surface area contributed by atoms with Crippen molar-refractivity contribution in [2.75, 3.05) is 46.2 Å². The number of alkyl halides is 2. The summed E-state index contributed by atoms with van der Waals surface area (Å²) in [6.07, 6.45) is 1.07. The molecular weight excluding hydrogens is 958 g/mol. The summed E-state index contributed by atoms with van der Waals surface area (Å²) in [6, 6.07) is 22.4. The standard InChI is InChI=1S/C48H46Cl4N8O8/c1-5-67-41-25-40(56-48(66)44(28(4)62)60-58-38-24-32(16-18-34(38)52)46(64)54-36-14-10-8-12-30(36)20-22-50)42(68-6-2)26-39(41)55-47(65)43(27(3)61)59-57-37-23-31(15-17-33(37)51)45(63)53-35-13-9-7-11-29(35)19-21-49/h7-18,23-26,43-44H,5-6,19-22H2,1-4H3,(H,53,63)(H,54,64)(H,55,65)(H,56,66). The zero-order valence-corrected chi connectivity index (χ0v) is 40.2. The van der Waals surface area contributed by atoms with Crippen molar-refractivity contribution in [3.05, 3.63) is 129 Å². The van der Waals surface area contributed by atoms with Gasteiger partial charge in [-0.2, -0.15) is 20.5 Å². The van der Waals surface area contributed by atoms with Gasteiger partial charge in [-0.25, -0.2) is 0 Å². The Hall–Kier alpha value is -6.72. The Morgan fingerprint density at radius 3 is 1.26 bits per heavy atom. The lowest BCUT2D eigenvalue weighted by Gasteiger charge is -2.19. The van der Waals surface area contributed by atoms with E-state index >= 15 is 0 Å². The summed E-state index contributed by atoms with van der Waals surface area (Å²) in [5.74, 6) is -3.30. The number of amides is 4. The third kappa shape index (κ3) is 14.2. The number of azo groups is 2. The number of hydrogen-bond donors (Lipinski definition) is 4. The molecule has 5 aromatic rings. The molecule has 20 heteroatoms. The van der Waals surface area contributed by atoms with Crippen LogP contribution in [-0.4, -0.2) is 72.3 Å². The van der Waals surface area contributed by atoms with Crippen molar-refractivity contribution in [1.29, 1.82) is 0 Å². The Kier molecular flexibility index (Phi) is 19.5. The van der Waals surface area contributed by atoms with Crippen molar-refractivity contribution < 1.29 is 38.2 Å². The topological polar surface area (TPSA) is 218 Å². The number of nitrogens with one attached hydrogen (secondary N) is 4. The summed E-state index contributed by atoms with van der Waals surface area (Å²) in [6.45, 7) is 5.86. The SMILES string of the molecule is CCOc1cc(NC(=O)C(N=Nc2cc(C(=O)Nc3ccccc3CCCl)ccc2Cl)C(C)=O)c(OCC)cc1NC(=O)C(N=Nc1cc(C(=O)Nc2ccccc2CCCl)ccc1Cl)C(C)=O. The normalized spacial score (nSPS) is 12.0. The van der Waals surface area contributed by atoms with Crippen LogP contribution >= 0.6 is 46.4 Å². The van der Waals surface area contributed by atoms with E-state index in [0.717, 1.165) is 25.0 Å². The maximum Gasteiger partial charge on any atom is 0.258 e. The Morgan fingerprint density at radius 2 is 0.912 bits per heavy atom. The van der Waals surface area contributed by atoms with Gasteiger partial charge in [-0.1, -0.05) is 59.6 Å². The molecule has 5 rings (SSSR count). The lowest BCUT2D eigenvalue weighted by molar-refractivity contribution is -0.127. The number of aryl methyl sites for hydroxylation is 2. The van der Waals surface area contributed by atoms with Crippen molar-refractivity contribution in [1.82, 2.24) is 0 Å². The Labute approximate surface area is 412 Å². The first kappa shape index (κ1) is 52.3. The van der Waals surface area contributed by atoms with Gasteiger partial charge in [0.1, 0.15) is 22.9 Å². The molecule has 0 saturated heterocycles. The number of ketones is 2. The molecule has 0 aliphatic heterocycles. The van der Waals surface area contributed by atoms with E-state index in [1.165, 1.54) is 48.5 Å². The fourth-order valence-corrected chi connectivity index (χ4v) is 7.08. The molecule has 16 nitrogen and oxygen atoms in total. The summed E-state index contributed by atoms with van der Waals surface area (Å²) < 4.78 is 11.6. The maximum atomic E-state index is 13.7. The largest absolute Gasteiger partial charge is 0.492 e. The molecule has 5 aromatic carbocycles. The van der Waals surface area contributed by atoms with Crippen LogP contribution in [0.1, 0.15) is 59.5 Å². The molecule has 2 atom stereocenters. The quantitative estimate of drug-likeness (QED) is 0.0296. The summed E-state index contributed by atoms with van der Waals surface area (Å²) in [4.78, 5) is 79.5. The van der Waals surface area contributed by atoms with Gasteiger partial charge in [-0.05, 0) is 100 Å². The average Bonchev–Trinajstić information content (AvgIpc) is 3.30. The molecule has 0 radical (unpaired) electrons. The predicted molar refractivity (Wildman–Crippen MR) is 265 cm³/mol. The summed E-state index contributed by atoms with van der Waals surface area (Å²) in [5, 5.41) is 27.3. The smallest absolute Gasteiger partial charge is 0.258 e. The molecule has 0 spiro atoms. The molecule has 0 saturated carbocycles. The van der Waals surface area contributed by atoms with Gasteiger partial charge in [-0.3, -0.25) is 28.8 Å². The second-order valence-electron chi connectivity index (χ2n) is 14.6. The van der Waals surface area contributed by atoms with E-state index in [1.54, 1.807) is 38.1 Å². The first-order valence-electron chi connectivity index (χ1n) is 21.0. The molecule has 0 fully saturated rings. The van der Waals surface area contributed by atoms with Crippen LogP contribution in [-0.2, 0) is 32.0 Å². The van der Waals surface area contributed by atoms with Gasteiger partial charge in [0.2, 0.25) is 12.1 Å². The zero-order chi connectivity index (χ0) is 49.3. The van der Waals surface area contributed by atoms with Gasteiger partial charge in [0, 0.05) is 46.4 Å².